The fourth-order valence-electron chi connectivity index (χ4n) is 2.29. The van der Waals surface area contributed by atoms with Gasteiger partial charge in [-0.1, -0.05) is 6.92 Å². The van der Waals surface area contributed by atoms with Crippen molar-refractivity contribution in [2.75, 3.05) is 13.2 Å². The Balaban J connectivity index is 2.30. The van der Waals surface area contributed by atoms with Crippen LogP contribution in [0.5, 0.6) is 0 Å². The molecule has 0 spiro atoms. The van der Waals surface area contributed by atoms with Crippen LogP contribution in [0.15, 0.2) is 18.3 Å². The fraction of sp³-hybridized carbons (Fsp3) is 0.545. The van der Waals surface area contributed by atoms with Gasteiger partial charge in [0.15, 0.2) is 0 Å². The topological polar surface area (TPSA) is 59.1 Å². The van der Waals surface area contributed by atoms with Crippen LogP contribution in [0.3, 0.4) is 0 Å². The number of halogens is 1. The first-order valence-electron chi connectivity index (χ1n) is 5.01. The quantitative estimate of drug-likeness (QED) is 0.776. The van der Waals surface area contributed by atoms with Gasteiger partial charge in [-0.25, -0.2) is 4.39 Å². The van der Waals surface area contributed by atoms with E-state index in [9.17, 15) is 9.50 Å². The van der Waals surface area contributed by atoms with Gasteiger partial charge in [0.2, 0.25) is 0 Å². The van der Waals surface area contributed by atoms with Gasteiger partial charge in [-0.05, 0) is 18.6 Å². The van der Waals surface area contributed by atoms with E-state index in [1.807, 2.05) is 6.92 Å². The summed E-state index contributed by atoms with van der Waals surface area (Å²) in [6, 6.07) is 3.06. The van der Waals surface area contributed by atoms with Gasteiger partial charge in [0.25, 0.3) is 0 Å². The highest BCUT2D eigenvalue weighted by Crippen LogP contribution is 2.63. The van der Waals surface area contributed by atoms with E-state index in [-0.39, 0.29) is 23.3 Å². The normalized spacial score (nSPS) is 34.1. The molecule has 82 valence electrons. The zero-order chi connectivity index (χ0) is 11.1. The summed E-state index contributed by atoms with van der Waals surface area (Å²) in [7, 11) is 0. The van der Waals surface area contributed by atoms with Crippen LogP contribution in [0.1, 0.15) is 19.0 Å². The highest BCUT2D eigenvalue weighted by atomic mass is 19.1. The first-order chi connectivity index (χ1) is 7.08. The summed E-state index contributed by atoms with van der Waals surface area (Å²) < 4.78 is 12.7. The maximum atomic E-state index is 12.7. The highest BCUT2D eigenvalue weighted by Gasteiger charge is 2.64. The van der Waals surface area contributed by atoms with Crippen LogP contribution in [-0.2, 0) is 5.41 Å². The van der Waals surface area contributed by atoms with E-state index in [0.29, 0.717) is 6.54 Å². The van der Waals surface area contributed by atoms with Crippen LogP contribution < -0.4 is 5.73 Å². The maximum absolute atomic E-state index is 12.7. The number of aliphatic hydroxyl groups is 1. The minimum absolute atomic E-state index is 0.0546. The molecular weight excluding hydrogens is 195 g/mol. The number of nitrogens with two attached hydrogens (primary N) is 1. The average molecular weight is 210 g/mol. The Morgan fingerprint density at radius 2 is 2.33 bits per heavy atom. The van der Waals surface area contributed by atoms with Crippen molar-refractivity contribution in [2.24, 2.45) is 11.1 Å². The van der Waals surface area contributed by atoms with Crippen LogP contribution in [0, 0.1) is 11.2 Å². The summed E-state index contributed by atoms with van der Waals surface area (Å²) >= 11 is 0. The first-order valence-corrected chi connectivity index (χ1v) is 5.01. The number of rotatable bonds is 3. The minimum Gasteiger partial charge on any atom is -0.396 e. The molecule has 1 fully saturated rings. The number of pyridine rings is 1. The number of nitrogens with zero attached hydrogens (tertiary/aromatic N) is 1. The van der Waals surface area contributed by atoms with E-state index in [1.165, 1.54) is 12.3 Å². The van der Waals surface area contributed by atoms with Gasteiger partial charge >= 0.3 is 0 Å². The van der Waals surface area contributed by atoms with Crippen molar-refractivity contribution >= 4 is 0 Å². The predicted octanol–water partition coefficient (Wildman–Crippen LogP) is 0.819. The van der Waals surface area contributed by atoms with Gasteiger partial charge < -0.3 is 10.8 Å². The molecule has 0 saturated heterocycles. The van der Waals surface area contributed by atoms with Crippen LogP contribution in [0.25, 0.3) is 0 Å². The van der Waals surface area contributed by atoms with E-state index < -0.39 is 0 Å². The standard InChI is InChI=1S/C11H15FN2O/c1-10(5-11(10,6-13)7-15)9-3-2-8(12)4-14-9/h2-4,15H,5-7,13H2,1H3. The summed E-state index contributed by atoms with van der Waals surface area (Å²) in [6.45, 7) is 2.49. The molecule has 15 heavy (non-hydrogen) atoms. The monoisotopic (exact) mass is 210 g/mol. The predicted molar refractivity (Wildman–Crippen MR) is 54.7 cm³/mol. The zero-order valence-electron chi connectivity index (χ0n) is 8.70. The molecule has 1 aromatic rings. The van der Waals surface area contributed by atoms with E-state index >= 15 is 0 Å². The van der Waals surface area contributed by atoms with Crippen LogP contribution in [-0.4, -0.2) is 23.2 Å². The molecule has 1 heterocycles. The van der Waals surface area contributed by atoms with Gasteiger partial charge in [-0.15, -0.1) is 0 Å². The zero-order valence-corrected chi connectivity index (χ0v) is 8.70. The Hall–Kier alpha value is -1.00. The average Bonchev–Trinajstić information content (AvgIpc) is 2.87. The molecule has 0 bridgehead atoms. The Kier molecular flexibility index (Phi) is 2.28. The lowest BCUT2D eigenvalue weighted by molar-refractivity contribution is 0.197. The van der Waals surface area contributed by atoms with Crippen LogP contribution in [0.2, 0.25) is 0 Å². The second kappa shape index (κ2) is 3.25. The Bertz CT molecular complexity index is 361. The van der Waals surface area contributed by atoms with Crippen molar-refractivity contribution in [3.8, 4) is 0 Å². The molecule has 1 aromatic heterocycles. The molecule has 0 radical (unpaired) electrons. The fourth-order valence-corrected chi connectivity index (χ4v) is 2.29. The number of aromatic nitrogens is 1. The third kappa shape index (κ3) is 1.36. The summed E-state index contributed by atoms with van der Waals surface area (Å²) in [4.78, 5) is 4.06. The van der Waals surface area contributed by atoms with Crippen molar-refractivity contribution in [1.29, 1.82) is 0 Å². The highest BCUT2D eigenvalue weighted by molar-refractivity contribution is 5.32. The summed E-state index contributed by atoms with van der Waals surface area (Å²) in [5.74, 6) is -0.342. The maximum Gasteiger partial charge on any atom is 0.141 e. The van der Waals surface area contributed by atoms with E-state index in [2.05, 4.69) is 4.98 Å². The van der Waals surface area contributed by atoms with Crippen molar-refractivity contribution in [3.63, 3.8) is 0 Å². The third-order valence-electron chi connectivity index (χ3n) is 3.72. The largest absolute Gasteiger partial charge is 0.396 e. The minimum atomic E-state index is -0.342. The molecule has 2 rings (SSSR count). The lowest BCUT2D eigenvalue weighted by Crippen LogP contribution is -2.28. The van der Waals surface area contributed by atoms with E-state index in [4.69, 9.17) is 5.73 Å². The molecular formula is C11H15FN2O. The van der Waals surface area contributed by atoms with Gasteiger partial charge in [-0.2, -0.15) is 0 Å². The SMILES string of the molecule is CC1(c2ccc(F)cn2)CC1(CN)CO. The molecule has 0 aliphatic heterocycles. The van der Waals surface area contributed by atoms with Crippen molar-refractivity contribution in [1.82, 2.24) is 4.98 Å². The Morgan fingerprint density at radius 1 is 1.60 bits per heavy atom. The second-order valence-corrected chi connectivity index (χ2v) is 4.51. The molecule has 1 aliphatic carbocycles. The van der Waals surface area contributed by atoms with Gasteiger partial charge in [0.1, 0.15) is 5.82 Å². The lowest BCUT2D eigenvalue weighted by atomic mass is 9.91. The Labute approximate surface area is 88.1 Å². The summed E-state index contributed by atoms with van der Waals surface area (Å²) in [5, 5.41) is 9.33. The molecule has 1 saturated carbocycles. The summed E-state index contributed by atoms with van der Waals surface area (Å²) in [5.41, 5.74) is 6.00. The van der Waals surface area contributed by atoms with E-state index in [1.54, 1.807) is 6.07 Å². The first kappa shape index (κ1) is 10.5. The molecule has 1 aliphatic rings. The van der Waals surface area contributed by atoms with Gasteiger partial charge in [0, 0.05) is 23.1 Å². The lowest BCUT2D eigenvalue weighted by Gasteiger charge is -2.18. The van der Waals surface area contributed by atoms with Crippen molar-refractivity contribution < 1.29 is 9.50 Å². The Morgan fingerprint density at radius 3 is 2.73 bits per heavy atom. The van der Waals surface area contributed by atoms with Crippen LogP contribution in [0.4, 0.5) is 4.39 Å². The molecule has 3 nitrogen and oxygen atoms in total. The van der Waals surface area contributed by atoms with Crippen LogP contribution >= 0.6 is 0 Å². The van der Waals surface area contributed by atoms with E-state index in [0.717, 1.165) is 12.1 Å². The number of hydrogen-bond acceptors (Lipinski definition) is 3. The molecule has 0 aromatic carbocycles. The van der Waals surface area contributed by atoms with Crippen molar-refractivity contribution in [2.45, 2.75) is 18.8 Å². The molecule has 2 unspecified atom stereocenters. The second-order valence-electron chi connectivity index (χ2n) is 4.51. The van der Waals surface area contributed by atoms with Gasteiger partial charge in [0.05, 0.1) is 12.8 Å². The summed E-state index contributed by atoms with van der Waals surface area (Å²) in [6.07, 6.45) is 2.02. The molecule has 2 atom stereocenters. The smallest absolute Gasteiger partial charge is 0.141 e. The van der Waals surface area contributed by atoms with Crippen molar-refractivity contribution in [3.05, 3.63) is 29.8 Å². The molecule has 0 amide bonds. The number of aliphatic hydroxyl groups excluding tert-OH is 1. The molecule has 4 heteroatoms. The third-order valence-corrected chi connectivity index (χ3v) is 3.72. The molecule has 3 N–H and O–H groups in total. The number of hydrogen-bond donors (Lipinski definition) is 2. The van der Waals surface area contributed by atoms with Gasteiger partial charge in [-0.3, -0.25) is 4.98 Å².